The zero-order valence-corrected chi connectivity index (χ0v) is 8.76. The number of aromatic nitrogens is 1. The predicted octanol–water partition coefficient (Wildman–Crippen LogP) is 1.57. The first-order valence-electron chi connectivity index (χ1n) is 4.03. The summed E-state index contributed by atoms with van der Waals surface area (Å²) in [4.78, 5) is 14.5. The molecule has 1 heterocycles. The van der Waals surface area contributed by atoms with Gasteiger partial charge in [0.2, 0.25) is 0 Å². The molecule has 14 heavy (non-hydrogen) atoms. The Labute approximate surface area is 85.8 Å². The lowest BCUT2D eigenvalue weighted by Crippen LogP contribution is -2.13. The Hall–Kier alpha value is -1.41. The van der Waals surface area contributed by atoms with Gasteiger partial charge in [0.25, 0.3) is 0 Å². The third-order valence-corrected chi connectivity index (χ3v) is 2.91. The van der Waals surface area contributed by atoms with Gasteiger partial charge in [-0.3, -0.25) is 4.79 Å². The van der Waals surface area contributed by atoms with E-state index in [4.69, 9.17) is 10.4 Å². The Morgan fingerprint density at radius 1 is 1.79 bits per heavy atom. The van der Waals surface area contributed by atoms with E-state index in [0.717, 1.165) is 0 Å². The molecule has 0 aliphatic heterocycles. The third kappa shape index (κ3) is 2.30. The molecule has 4 nitrogen and oxygen atoms in total. The molecule has 1 aromatic rings. The first kappa shape index (κ1) is 10.7. The second kappa shape index (κ2) is 3.76. The van der Waals surface area contributed by atoms with Gasteiger partial charge in [-0.15, -0.1) is 11.3 Å². The summed E-state index contributed by atoms with van der Waals surface area (Å²) in [7, 11) is 0. The average molecular weight is 210 g/mol. The van der Waals surface area contributed by atoms with Crippen LogP contribution in [0.15, 0.2) is 5.38 Å². The molecule has 1 rings (SSSR count). The number of carboxylic acids is 1. The lowest BCUT2D eigenvalue weighted by Gasteiger charge is -2.09. The standard InChI is InChI=1S/C9H10N2O2S/c1-9(2,5-10)8-11-6(4-14-8)3-7(12)13/h4H,3H2,1-2H3,(H,12,13). The van der Waals surface area contributed by atoms with Gasteiger partial charge in [0, 0.05) is 5.38 Å². The van der Waals surface area contributed by atoms with Gasteiger partial charge in [-0.25, -0.2) is 4.98 Å². The van der Waals surface area contributed by atoms with Crippen molar-refractivity contribution in [1.29, 1.82) is 5.26 Å². The normalized spacial score (nSPS) is 10.9. The average Bonchev–Trinajstić information content (AvgIpc) is 2.52. The van der Waals surface area contributed by atoms with Gasteiger partial charge in [-0.1, -0.05) is 0 Å². The maximum atomic E-state index is 10.4. The Kier molecular flexibility index (Phi) is 2.87. The number of hydrogen-bond donors (Lipinski definition) is 1. The fourth-order valence-electron chi connectivity index (χ4n) is 0.878. The Balaban J connectivity index is 2.89. The minimum atomic E-state index is -0.906. The molecule has 0 amide bonds. The van der Waals surface area contributed by atoms with E-state index in [0.29, 0.717) is 10.7 Å². The fraction of sp³-hybridized carbons (Fsp3) is 0.444. The Morgan fingerprint density at radius 2 is 2.43 bits per heavy atom. The summed E-state index contributed by atoms with van der Waals surface area (Å²) >= 11 is 1.33. The van der Waals surface area contributed by atoms with Crippen molar-refractivity contribution in [2.45, 2.75) is 25.7 Å². The molecule has 0 saturated carbocycles. The lowest BCUT2D eigenvalue weighted by atomic mass is 9.97. The van der Waals surface area contributed by atoms with Gasteiger partial charge in [0.1, 0.15) is 10.4 Å². The topological polar surface area (TPSA) is 74.0 Å². The summed E-state index contributed by atoms with van der Waals surface area (Å²) in [5.74, 6) is -0.906. The van der Waals surface area contributed by atoms with E-state index >= 15 is 0 Å². The molecule has 0 aromatic carbocycles. The lowest BCUT2D eigenvalue weighted by molar-refractivity contribution is -0.136. The predicted molar refractivity (Wildman–Crippen MR) is 52.1 cm³/mol. The van der Waals surface area contributed by atoms with Gasteiger partial charge in [-0.05, 0) is 13.8 Å². The number of aliphatic carboxylic acids is 1. The van der Waals surface area contributed by atoms with E-state index in [1.54, 1.807) is 19.2 Å². The van der Waals surface area contributed by atoms with Crippen LogP contribution < -0.4 is 0 Å². The Bertz CT molecular complexity index is 390. The number of carbonyl (C=O) groups is 1. The van der Waals surface area contributed by atoms with Crippen LogP contribution in [-0.4, -0.2) is 16.1 Å². The van der Waals surface area contributed by atoms with Crippen LogP contribution in [-0.2, 0) is 16.6 Å². The van der Waals surface area contributed by atoms with Crippen LogP contribution in [0.4, 0.5) is 0 Å². The van der Waals surface area contributed by atoms with Crippen LogP contribution in [0.25, 0.3) is 0 Å². The first-order valence-corrected chi connectivity index (χ1v) is 4.91. The highest BCUT2D eigenvalue weighted by molar-refractivity contribution is 7.09. The summed E-state index contributed by atoms with van der Waals surface area (Å²) in [6.07, 6.45) is -0.0853. The van der Waals surface area contributed by atoms with Gasteiger partial charge >= 0.3 is 5.97 Å². The molecule has 0 radical (unpaired) electrons. The number of nitrogens with zero attached hydrogens (tertiary/aromatic N) is 2. The second-order valence-electron chi connectivity index (χ2n) is 3.45. The van der Waals surface area contributed by atoms with Gasteiger partial charge in [0.15, 0.2) is 0 Å². The molecule has 74 valence electrons. The SMILES string of the molecule is CC(C)(C#N)c1nc(CC(=O)O)cs1. The molecular formula is C9H10N2O2S. The second-order valence-corrected chi connectivity index (χ2v) is 4.31. The summed E-state index contributed by atoms with van der Waals surface area (Å²) in [5, 5.41) is 19.7. The number of rotatable bonds is 3. The molecule has 0 saturated heterocycles. The van der Waals surface area contributed by atoms with E-state index in [2.05, 4.69) is 11.1 Å². The minimum absolute atomic E-state index is 0.0853. The quantitative estimate of drug-likeness (QED) is 0.821. The molecule has 0 fully saturated rings. The molecular weight excluding hydrogens is 200 g/mol. The number of thiazole rings is 1. The molecule has 0 aliphatic rings. The van der Waals surface area contributed by atoms with Crippen molar-refractivity contribution in [2.24, 2.45) is 0 Å². The summed E-state index contributed by atoms with van der Waals surface area (Å²) in [6.45, 7) is 3.52. The highest BCUT2D eigenvalue weighted by Crippen LogP contribution is 2.25. The van der Waals surface area contributed by atoms with Gasteiger partial charge < -0.3 is 5.11 Å². The van der Waals surface area contributed by atoms with Crippen LogP contribution in [0, 0.1) is 11.3 Å². The number of nitriles is 1. The maximum absolute atomic E-state index is 10.4. The smallest absolute Gasteiger partial charge is 0.309 e. The van der Waals surface area contributed by atoms with E-state index in [1.807, 2.05) is 0 Å². The Morgan fingerprint density at radius 3 is 2.93 bits per heavy atom. The van der Waals surface area contributed by atoms with Crippen molar-refractivity contribution < 1.29 is 9.90 Å². The van der Waals surface area contributed by atoms with E-state index in [1.165, 1.54) is 11.3 Å². The first-order chi connectivity index (χ1) is 6.45. The van der Waals surface area contributed by atoms with Crippen LogP contribution >= 0.6 is 11.3 Å². The van der Waals surface area contributed by atoms with Crippen molar-refractivity contribution in [1.82, 2.24) is 4.98 Å². The van der Waals surface area contributed by atoms with Gasteiger partial charge in [0.05, 0.1) is 18.2 Å². The van der Waals surface area contributed by atoms with Crippen molar-refractivity contribution in [2.75, 3.05) is 0 Å². The largest absolute Gasteiger partial charge is 0.481 e. The maximum Gasteiger partial charge on any atom is 0.309 e. The molecule has 0 unspecified atom stereocenters. The zero-order chi connectivity index (χ0) is 10.8. The molecule has 0 aliphatic carbocycles. The molecule has 0 spiro atoms. The van der Waals surface area contributed by atoms with E-state index in [-0.39, 0.29) is 6.42 Å². The molecule has 5 heteroatoms. The van der Waals surface area contributed by atoms with E-state index in [9.17, 15) is 4.79 Å². The van der Waals surface area contributed by atoms with Crippen LogP contribution in [0.3, 0.4) is 0 Å². The highest BCUT2D eigenvalue weighted by atomic mass is 32.1. The molecule has 1 N–H and O–H groups in total. The summed E-state index contributed by atoms with van der Waals surface area (Å²) < 4.78 is 0. The van der Waals surface area contributed by atoms with Gasteiger partial charge in [-0.2, -0.15) is 5.26 Å². The van der Waals surface area contributed by atoms with Crippen molar-refractivity contribution in [3.05, 3.63) is 16.1 Å². The molecule has 0 atom stereocenters. The van der Waals surface area contributed by atoms with Crippen molar-refractivity contribution >= 4 is 17.3 Å². The summed E-state index contributed by atoms with van der Waals surface area (Å²) in [6, 6.07) is 2.12. The minimum Gasteiger partial charge on any atom is -0.481 e. The fourth-order valence-corrected chi connectivity index (χ4v) is 1.77. The van der Waals surface area contributed by atoms with Crippen LogP contribution in [0.2, 0.25) is 0 Å². The molecule has 1 aromatic heterocycles. The van der Waals surface area contributed by atoms with Crippen molar-refractivity contribution in [3.8, 4) is 6.07 Å². The zero-order valence-electron chi connectivity index (χ0n) is 7.94. The van der Waals surface area contributed by atoms with Crippen LogP contribution in [0.1, 0.15) is 24.5 Å². The highest BCUT2D eigenvalue weighted by Gasteiger charge is 2.23. The van der Waals surface area contributed by atoms with Crippen LogP contribution in [0.5, 0.6) is 0 Å². The van der Waals surface area contributed by atoms with E-state index < -0.39 is 11.4 Å². The summed E-state index contributed by atoms with van der Waals surface area (Å²) in [5.41, 5.74) is -0.123. The monoisotopic (exact) mass is 210 g/mol. The van der Waals surface area contributed by atoms with Crippen molar-refractivity contribution in [3.63, 3.8) is 0 Å². The number of hydrogen-bond acceptors (Lipinski definition) is 4. The third-order valence-electron chi connectivity index (χ3n) is 1.70. The number of carboxylic acid groups (broad SMARTS) is 1. The molecule has 0 bridgehead atoms.